The van der Waals surface area contributed by atoms with Gasteiger partial charge in [-0.3, -0.25) is 9.69 Å². The first-order valence-electron chi connectivity index (χ1n) is 7.86. The number of nitrogens with zero attached hydrogens (tertiary/aromatic N) is 2. The molecule has 3 rings (SSSR count). The van der Waals surface area contributed by atoms with Gasteiger partial charge in [0.15, 0.2) is 0 Å². The molecule has 2 aliphatic carbocycles. The second-order valence-corrected chi connectivity index (χ2v) is 6.81. The summed E-state index contributed by atoms with van der Waals surface area (Å²) in [5, 5.41) is 9.54. The molecule has 0 aromatic heterocycles. The zero-order chi connectivity index (χ0) is 13.3. The summed E-state index contributed by atoms with van der Waals surface area (Å²) in [6.45, 7) is 6.43. The molecule has 0 spiro atoms. The van der Waals surface area contributed by atoms with Crippen LogP contribution in [0.4, 0.5) is 0 Å². The topological polar surface area (TPSA) is 43.8 Å². The minimum absolute atomic E-state index is 0.432. The van der Waals surface area contributed by atoms with Gasteiger partial charge >= 0.3 is 5.97 Å². The van der Waals surface area contributed by atoms with Crippen molar-refractivity contribution >= 4 is 5.97 Å². The lowest BCUT2D eigenvalue weighted by atomic mass is 9.85. The number of piperazine rings is 1. The van der Waals surface area contributed by atoms with Crippen LogP contribution in [0.5, 0.6) is 0 Å². The van der Waals surface area contributed by atoms with E-state index in [1.165, 1.54) is 19.4 Å². The molecule has 0 unspecified atom stereocenters. The first-order chi connectivity index (χ1) is 9.18. The van der Waals surface area contributed by atoms with Gasteiger partial charge in [-0.25, -0.2) is 0 Å². The van der Waals surface area contributed by atoms with Crippen molar-refractivity contribution in [3.05, 3.63) is 0 Å². The molecule has 4 heteroatoms. The fourth-order valence-electron chi connectivity index (χ4n) is 3.71. The number of carboxylic acid groups (broad SMARTS) is 1. The van der Waals surface area contributed by atoms with Gasteiger partial charge in [0, 0.05) is 39.3 Å². The van der Waals surface area contributed by atoms with Crippen LogP contribution in [0.15, 0.2) is 0 Å². The average Bonchev–Trinajstić information content (AvgIpc) is 3.08. The molecule has 0 amide bonds. The van der Waals surface area contributed by atoms with Crippen molar-refractivity contribution in [2.45, 2.75) is 38.5 Å². The third-order valence-corrected chi connectivity index (χ3v) is 5.22. The molecule has 0 atom stereocenters. The highest BCUT2D eigenvalue weighted by atomic mass is 16.4. The Balaban J connectivity index is 1.49. The van der Waals surface area contributed by atoms with Crippen LogP contribution >= 0.6 is 0 Å². The van der Waals surface area contributed by atoms with Crippen molar-refractivity contribution in [3.63, 3.8) is 0 Å². The molecule has 1 heterocycles. The lowest BCUT2D eigenvalue weighted by molar-refractivity contribution is -0.150. The molecule has 3 fully saturated rings. The molecular weight excluding hydrogens is 240 g/mol. The van der Waals surface area contributed by atoms with E-state index in [0.29, 0.717) is 0 Å². The number of rotatable bonds is 5. The van der Waals surface area contributed by atoms with E-state index in [2.05, 4.69) is 9.80 Å². The van der Waals surface area contributed by atoms with Crippen LogP contribution in [0.2, 0.25) is 0 Å². The molecule has 2 saturated carbocycles. The summed E-state index contributed by atoms with van der Waals surface area (Å²) in [6, 6.07) is 0. The molecule has 4 nitrogen and oxygen atoms in total. The predicted molar refractivity (Wildman–Crippen MR) is 74.1 cm³/mol. The Kier molecular flexibility index (Phi) is 3.81. The zero-order valence-corrected chi connectivity index (χ0v) is 11.8. The summed E-state index contributed by atoms with van der Waals surface area (Å²) >= 11 is 0. The quantitative estimate of drug-likeness (QED) is 0.822. The molecular formula is C15H26N2O2. The van der Waals surface area contributed by atoms with E-state index in [1.54, 1.807) is 0 Å². The third kappa shape index (κ3) is 3.11. The Morgan fingerprint density at radius 1 is 1.05 bits per heavy atom. The van der Waals surface area contributed by atoms with E-state index in [9.17, 15) is 9.90 Å². The van der Waals surface area contributed by atoms with Crippen molar-refractivity contribution in [3.8, 4) is 0 Å². The van der Waals surface area contributed by atoms with Crippen molar-refractivity contribution in [2.75, 3.05) is 39.3 Å². The number of carboxylic acids is 1. The van der Waals surface area contributed by atoms with Crippen LogP contribution < -0.4 is 0 Å². The summed E-state index contributed by atoms with van der Waals surface area (Å²) in [7, 11) is 0. The van der Waals surface area contributed by atoms with Gasteiger partial charge in [-0.05, 0) is 31.6 Å². The number of hydrogen-bond acceptors (Lipinski definition) is 3. The third-order valence-electron chi connectivity index (χ3n) is 5.22. The normalized spacial score (nSPS) is 28.6. The van der Waals surface area contributed by atoms with Gasteiger partial charge in [0.05, 0.1) is 5.41 Å². The average molecular weight is 266 g/mol. The van der Waals surface area contributed by atoms with Gasteiger partial charge in [0.2, 0.25) is 0 Å². The van der Waals surface area contributed by atoms with Gasteiger partial charge in [-0.15, -0.1) is 0 Å². The maximum atomic E-state index is 11.6. The lowest BCUT2D eigenvalue weighted by Gasteiger charge is -2.38. The number of aliphatic carboxylic acids is 1. The minimum atomic E-state index is -0.564. The SMILES string of the molecule is O=C(O)C1(CN2CCN(CC3CC3)CC2)CCCC1. The van der Waals surface area contributed by atoms with Gasteiger partial charge in [0.25, 0.3) is 0 Å². The highest BCUT2D eigenvalue weighted by Gasteiger charge is 2.42. The van der Waals surface area contributed by atoms with E-state index >= 15 is 0 Å². The largest absolute Gasteiger partial charge is 0.481 e. The first kappa shape index (κ1) is 13.4. The van der Waals surface area contributed by atoms with Crippen molar-refractivity contribution in [2.24, 2.45) is 11.3 Å². The highest BCUT2D eigenvalue weighted by molar-refractivity contribution is 5.75. The Bertz CT molecular complexity index is 327. The van der Waals surface area contributed by atoms with Crippen LogP contribution in [0.3, 0.4) is 0 Å². The fourth-order valence-corrected chi connectivity index (χ4v) is 3.71. The molecule has 1 N–H and O–H groups in total. The molecule has 0 bridgehead atoms. The van der Waals surface area contributed by atoms with Crippen LogP contribution in [-0.2, 0) is 4.79 Å². The van der Waals surface area contributed by atoms with Gasteiger partial charge in [-0.1, -0.05) is 12.8 Å². The summed E-state index contributed by atoms with van der Waals surface area (Å²) in [5.41, 5.74) is -0.432. The van der Waals surface area contributed by atoms with Crippen molar-refractivity contribution in [1.29, 1.82) is 0 Å². The second-order valence-electron chi connectivity index (χ2n) is 6.81. The fraction of sp³-hybridized carbons (Fsp3) is 0.933. The van der Waals surface area contributed by atoms with Crippen molar-refractivity contribution < 1.29 is 9.90 Å². The van der Waals surface area contributed by atoms with Crippen LogP contribution in [0.25, 0.3) is 0 Å². The molecule has 0 aromatic carbocycles. The summed E-state index contributed by atoms with van der Waals surface area (Å²) in [6.07, 6.45) is 6.78. The molecule has 19 heavy (non-hydrogen) atoms. The summed E-state index contributed by atoms with van der Waals surface area (Å²) in [4.78, 5) is 16.5. The summed E-state index contributed by atoms with van der Waals surface area (Å²) < 4.78 is 0. The molecule has 108 valence electrons. The summed E-state index contributed by atoms with van der Waals surface area (Å²) in [5.74, 6) is 0.400. The Morgan fingerprint density at radius 2 is 1.63 bits per heavy atom. The Labute approximate surface area is 115 Å². The van der Waals surface area contributed by atoms with Crippen LogP contribution in [-0.4, -0.2) is 60.1 Å². The van der Waals surface area contributed by atoms with Gasteiger partial charge in [0.1, 0.15) is 0 Å². The van der Waals surface area contributed by atoms with E-state index in [4.69, 9.17) is 0 Å². The maximum Gasteiger partial charge on any atom is 0.310 e. The Morgan fingerprint density at radius 3 is 2.16 bits per heavy atom. The standard InChI is InChI=1S/C15H26N2O2/c18-14(19)15(5-1-2-6-15)12-17-9-7-16(8-10-17)11-13-3-4-13/h13H,1-12H2,(H,18,19). The minimum Gasteiger partial charge on any atom is -0.481 e. The zero-order valence-electron chi connectivity index (χ0n) is 11.8. The smallest absolute Gasteiger partial charge is 0.310 e. The Hall–Kier alpha value is -0.610. The first-order valence-corrected chi connectivity index (χ1v) is 7.86. The number of carbonyl (C=O) groups is 1. The van der Waals surface area contributed by atoms with E-state index in [1.807, 2.05) is 0 Å². The predicted octanol–water partition coefficient (Wildman–Crippen LogP) is 1.66. The molecule has 0 aromatic rings. The molecule has 1 aliphatic heterocycles. The molecule has 3 aliphatic rings. The van der Waals surface area contributed by atoms with Crippen molar-refractivity contribution in [1.82, 2.24) is 9.80 Å². The lowest BCUT2D eigenvalue weighted by Crippen LogP contribution is -2.51. The molecule has 0 radical (unpaired) electrons. The molecule has 1 saturated heterocycles. The van der Waals surface area contributed by atoms with Gasteiger partial charge < -0.3 is 10.0 Å². The van der Waals surface area contributed by atoms with Gasteiger partial charge in [-0.2, -0.15) is 0 Å². The monoisotopic (exact) mass is 266 g/mol. The maximum absolute atomic E-state index is 11.6. The second kappa shape index (κ2) is 5.41. The van der Waals surface area contributed by atoms with Crippen LogP contribution in [0.1, 0.15) is 38.5 Å². The van der Waals surface area contributed by atoms with E-state index in [-0.39, 0.29) is 0 Å². The van der Waals surface area contributed by atoms with Crippen LogP contribution in [0, 0.1) is 11.3 Å². The highest BCUT2D eigenvalue weighted by Crippen LogP contribution is 2.39. The van der Waals surface area contributed by atoms with E-state index in [0.717, 1.165) is 64.3 Å². The van der Waals surface area contributed by atoms with E-state index < -0.39 is 11.4 Å². The number of hydrogen-bond donors (Lipinski definition) is 1.